The van der Waals surface area contributed by atoms with Gasteiger partial charge in [0.25, 0.3) is 11.6 Å². The Balaban J connectivity index is 1.90. The Morgan fingerprint density at radius 3 is 2.60 bits per heavy atom. The zero-order chi connectivity index (χ0) is 18.4. The highest BCUT2D eigenvalue weighted by Gasteiger charge is 2.14. The van der Waals surface area contributed by atoms with Crippen molar-refractivity contribution >= 4 is 17.5 Å². The van der Waals surface area contributed by atoms with Crippen molar-refractivity contribution in [2.75, 3.05) is 6.54 Å². The monoisotopic (exact) mass is 345 g/mol. The summed E-state index contributed by atoms with van der Waals surface area (Å²) in [5.41, 5.74) is 0.468. The third kappa shape index (κ3) is 5.10. The van der Waals surface area contributed by atoms with Gasteiger partial charge in [-0.05, 0) is 30.7 Å². The molecule has 2 rings (SSSR count). The highest BCUT2D eigenvalue weighted by atomic mass is 19.1. The minimum atomic E-state index is -0.607. The molecule has 1 unspecified atom stereocenters. The van der Waals surface area contributed by atoms with Crippen LogP contribution in [0.3, 0.4) is 0 Å². The van der Waals surface area contributed by atoms with Gasteiger partial charge in [-0.15, -0.1) is 0 Å². The summed E-state index contributed by atoms with van der Waals surface area (Å²) >= 11 is 0. The van der Waals surface area contributed by atoms with Crippen LogP contribution in [0.25, 0.3) is 0 Å². The molecule has 0 fully saturated rings. The van der Waals surface area contributed by atoms with E-state index in [1.165, 1.54) is 36.4 Å². The molecule has 0 radical (unpaired) electrons. The number of carbonyl (C=O) groups is 2. The lowest BCUT2D eigenvalue weighted by Crippen LogP contribution is -2.38. The van der Waals surface area contributed by atoms with Gasteiger partial charge in [0, 0.05) is 17.7 Å². The normalized spacial score (nSPS) is 11.4. The minimum absolute atomic E-state index is 0.0835. The Hall–Kier alpha value is -3.29. The largest absolute Gasteiger partial charge is 0.348 e. The van der Waals surface area contributed by atoms with Gasteiger partial charge >= 0.3 is 0 Å². The molecule has 0 aliphatic carbocycles. The molecule has 0 spiro atoms. The van der Waals surface area contributed by atoms with Crippen LogP contribution in [0.2, 0.25) is 0 Å². The topological polar surface area (TPSA) is 101 Å². The summed E-state index contributed by atoms with van der Waals surface area (Å²) in [4.78, 5) is 34.0. The van der Waals surface area contributed by atoms with Crippen molar-refractivity contribution in [2.45, 2.75) is 13.0 Å². The van der Waals surface area contributed by atoms with E-state index < -0.39 is 28.6 Å². The van der Waals surface area contributed by atoms with Crippen LogP contribution in [-0.2, 0) is 4.79 Å². The van der Waals surface area contributed by atoms with Gasteiger partial charge in [-0.1, -0.05) is 18.2 Å². The number of amides is 2. The fourth-order valence-corrected chi connectivity index (χ4v) is 2.18. The van der Waals surface area contributed by atoms with Crippen LogP contribution in [0, 0.1) is 15.9 Å². The number of nitrogens with one attached hydrogen (secondary N) is 2. The number of hydrogen-bond acceptors (Lipinski definition) is 4. The molecule has 0 saturated carbocycles. The quantitative estimate of drug-likeness (QED) is 0.620. The van der Waals surface area contributed by atoms with Crippen LogP contribution in [-0.4, -0.2) is 23.3 Å². The molecule has 25 heavy (non-hydrogen) atoms. The predicted octanol–water partition coefficient (Wildman–Crippen LogP) is 2.34. The number of nitro groups is 1. The van der Waals surface area contributed by atoms with E-state index in [4.69, 9.17) is 0 Å². The lowest BCUT2D eigenvalue weighted by molar-refractivity contribution is -0.384. The third-order valence-corrected chi connectivity index (χ3v) is 3.45. The maximum absolute atomic E-state index is 13.2. The van der Waals surface area contributed by atoms with Crippen molar-refractivity contribution in [2.24, 2.45) is 0 Å². The van der Waals surface area contributed by atoms with Gasteiger partial charge in [0.2, 0.25) is 5.91 Å². The SMILES string of the molecule is CC(NC(=O)CNC(=O)c1cccc([N+](=O)[O-])c1)c1cccc(F)c1. The van der Waals surface area contributed by atoms with E-state index in [1.54, 1.807) is 13.0 Å². The van der Waals surface area contributed by atoms with Crippen molar-refractivity contribution in [1.29, 1.82) is 0 Å². The van der Waals surface area contributed by atoms with E-state index in [0.29, 0.717) is 5.56 Å². The molecule has 2 aromatic rings. The lowest BCUT2D eigenvalue weighted by atomic mass is 10.1. The molecular formula is C17H16FN3O4. The lowest BCUT2D eigenvalue weighted by Gasteiger charge is -2.14. The van der Waals surface area contributed by atoms with Gasteiger partial charge in [-0.2, -0.15) is 0 Å². The van der Waals surface area contributed by atoms with Crippen LogP contribution in [0.5, 0.6) is 0 Å². The molecule has 1 atom stereocenters. The third-order valence-electron chi connectivity index (χ3n) is 3.45. The molecule has 0 aliphatic rings. The van der Waals surface area contributed by atoms with Crippen LogP contribution >= 0.6 is 0 Å². The van der Waals surface area contributed by atoms with E-state index in [-0.39, 0.29) is 17.8 Å². The van der Waals surface area contributed by atoms with E-state index in [9.17, 15) is 24.1 Å². The molecule has 0 bridgehead atoms. The smallest absolute Gasteiger partial charge is 0.270 e. The molecule has 130 valence electrons. The molecule has 7 nitrogen and oxygen atoms in total. The van der Waals surface area contributed by atoms with E-state index in [0.717, 1.165) is 6.07 Å². The van der Waals surface area contributed by atoms with Crippen molar-refractivity contribution in [3.8, 4) is 0 Å². The Kier molecular flexibility index (Phi) is 5.78. The van der Waals surface area contributed by atoms with Crippen molar-refractivity contribution in [1.82, 2.24) is 10.6 Å². The molecule has 0 heterocycles. The molecule has 2 N–H and O–H groups in total. The van der Waals surface area contributed by atoms with Crippen LogP contribution in [0.15, 0.2) is 48.5 Å². The Morgan fingerprint density at radius 2 is 1.92 bits per heavy atom. The fraction of sp³-hybridized carbons (Fsp3) is 0.176. The Morgan fingerprint density at radius 1 is 1.20 bits per heavy atom. The molecule has 2 aromatic carbocycles. The van der Waals surface area contributed by atoms with E-state index in [2.05, 4.69) is 10.6 Å². The number of carbonyl (C=O) groups excluding carboxylic acids is 2. The van der Waals surface area contributed by atoms with Crippen LogP contribution in [0.1, 0.15) is 28.9 Å². The molecular weight excluding hydrogens is 329 g/mol. The number of nitrogens with zero attached hydrogens (tertiary/aromatic N) is 1. The summed E-state index contributed by atoms with van der Waals surface area (Å²) in [7, 11) is 0. The van der Waals surface area contributed by atoms with Gasteiger partial charge < -0.3 is 10.6 Å². The first-order valence-corrected chi connectivity index (χ1v) is 7.44. The highest BCUT2D eigenvalue weighted by molar-refractivity contribution is 5.96. The van der Waals surface area contributed by atoms with Crippen molar-refractivity contribution in [3.05, 3.63) is 75.6 Å². The number of halogens is 1. The predicted molar refractivity (Wildman–Crippen MR) is 88.4 cm³/mol. The highest BCUT2D eigenvalue weighted by Crippen LogP contribution is 2.14. The Labute approximate surface area is 143 Å². The number of nitro benzene ring substituents is 1. The standard InChI is InChI=1S/C17H16FN3O4/c1-11(12-4-2-6-14(18)8-12)20-16(22)10-19-17(23)13-5-3-7-15(9-13)21(24)25/h2-9,11H,10H2,1H3,(H,19,23)(H,20,22). The van der Waals surface area contributed by atoms with Crippen molar-refractivity contribution in [3.63, 3.8) is 0 Å². The zero-order valence-electron chi connectivity index (χ0n) is 13.4. The summed E-state index contributed by atoms with van der Waals surface area (Å²) in [5, 5.41) is 15.7. The van der Waals surface area contributed by atoms with Gasteiger partial charge in [-0.3, -0.25) is 19.7 Å². The number of non-ortho nitro benzene ring substituents is 1. The van der Waals surface area contributed by atoms with Crippen LogP contribution < -0.4 is 10.6 Å². The van der Waals surface area contributed by atoms with Gasteiger partial charge in [-0.25, -0.2) is 4.39 Å². The second kappa shape index (κ2) is 8.00. The molecule has 0 aliphatic heterocycles. The average molecular weight is 345 g/mol. The summed E-state index contributed by atoms with van der Waals surface area (Å²) < 4.78 is 13.2. The summed E-state index contributed by atoms with van der Waals surface area (Å²) in [6, 6.07) is 10.6. The summed E-state index contributed by atoms with van der Waals surface area (Å²) in [6.45, 7) is 1.39. The molecule has 2 amide bonds. The summed E-state index contributed by atoms with van der Waals surface area (Å²) in [6.07, 6.45) is 0. The second-order valence-electron chi connectivity index (χ2n) is 5.33. The number of hydrogen-bond donors (Lipinski definition) is 2. The van der Waals surface area contributed by atoms with E-state index >= 15 is 0 Å². The number of benzene rings is 2. The fourth-order valence-electron chi connectivity index (χ4n) is 2.18. The molecule has 8 heteroatoms. The minimum Gasteiger partial charge on any atom is -0.348 e. The number of rotatable bonds is 6. The van der Waals surface area contributed by atoms with E-state index in [1.807, 2.05) is 0 Å². The van der Waals surface area contributed by atoms with Gasteiger partial charge in [0.05, 0.1) is 17.5 Å². The van der Waals surface area contributed by atoms with Crippen LogP contribution in [0.4, 0.5) is 10.1 Å². The zero-order valence-corrected chi connectivity index (χ0v) is 13.4. The first kappa shape index (κ1) is 18.1. The first-order valence-electron chi connectivity index (χ1n) is 7.44. The maximum Gasteiger partial charge on any atom is 0.270 e. The first-order chi connectivity index (χ1) is 11.9. The molecule has 0 aromatic heterocycles. The Bertz CT molecular complexity index is 810. The van der Waals surface area contributed by atoms with Gasteiger partial charge in [0.15, 0.2) is 0 Å². The second-order valence-corrected chi connectivity index (χ2v) is 5.33. The van der Waals surface area contributed by atoms with Gasteiger partial charge in [0.1, 0.15) is 5.82 Å². The molecule has 0 saturated heterocycles. The average Bonchev–Trinajstić information content (AvgIpc) is 2.59. The maximum atomic E-state index is 13.2. The summed E-state index contributed by atoms with van der Waals surface area (Å²) in [5.74, 6) is -1.47. The van der Waals surface area contributed by atoms with Crippen molar-refractivity contribution < 1.29 is 18.9 Å².